The van der Waals surface area contributed by atoms with Crippen LogP contribution >= 0.6 is 11.6 Å². The highest BCUT2D eigenvalue weighted by Crippen LogP contribution is 2.19. The fourth-order valence-electron chi connectivity index (χ4n) is 1.43. The molecular formula is C10H12ClN3. The Morgan fingerprint density at radius 3 is 3.00 bits per heavy atom. The highest BCUT2D eigenvalue weighted by Gasteiger charge is 2.03. The zero-order chi connectivity index (χ0) is 10.1. The molecule has 0 atom stereocenters. The number of rotatable bonds is 2. The smallest absolute Gasteiger partial charge is 0.0955 e. The zero-order valence-electron chi connectivity index (χ0n) is 8.24. The summed E-state index contributed by atoms with van der Waals surface area (Å²) in [6.07, 6.45) is 1.81. The highest BCUT2D eigenvalue weighted by atomic mass is 35.5. The molecule has 14 heavy (non-hydrogen) atoms. The van der Waals surface area contributed by atoms with Gasteiger partial charge in [0.05, 0.1) is 23.4 Å². The summed E-state index contributed by atoms with van der Waals surface area (Å²) in [6, 6.07) is 6.63. The van der Waals surface area contributed by atoms with Gasteiger partial charge in [-0.15, -0.1) is 11.6 Å². The molecule has 3 nitrogen and oxygen atoms in total. The number of imidazole rings is 1. The summed E-state index contributed by atoms with van der Waals surface area (Å²) in [5.41, 5.74) is 3.23. The van der Waals surface area contributed by atoms with Gasteiger partial charge in [-0.05, 0) is 18.2 Å². The second kappa shape index (κ2) is 3.50. The summed E-state index contributed by atoms with van der Waals surface area (Å²) in [5, 5.41) is 0. The maximum atomic E-state index is 5.74. The van der Waals surface area contributed by atoms with Crippen molar-refractivity contribution in [2.45, 2.75) is 0 Å². The van der Waals surface area contributed by atoms with Crippen LogP contribution in [0.25, 0.3) is 11.0 Å². The third-order valence-electron chi connectivity index (χ3n) is 2.33. The molecule has 1 aromatic heterocycles. The average molecular weight is 210 g/mol. The lowest BCUT2D eigenvalue weighted by molar-refractivity contribution is 0.947. The number of aromatic nitrogens is 2. The van der Waals surface area contributed by atoms with Crippen molar-refractivity contribution in [3.8, 4) is 0 Å². The lowest BCUT2D eigenvalue weighted by atomic mass is 10.2. The van der Waals surface area contributed by atoms with Crippen molar-refractivity contribution in [1.82, 2.24) is 9.55 Å². The summed E-state index contributed by atoms with van der Waals surface area (Å²) >= 11 is 5.74. The Morgan fingerprint density at radius 2 is 2.29 bits per heavy atom. The van der Waals surface area contributed by atoms with Crippen LogP contribution in [-0.4, -0.2) is 22.6 Å². The van der Waals surface area contributed by atoms with E-state index in [2.05, 4.69) is 11.1 Å². The SMILES string of the molecule is CN(CCl)c1ccc2c(c1)ncn2C. The van der Waals surface area contributed by atoms with Gasteiger partial charge in [-0.2, -0.15) is 0 Å². The molecule has 0 aliphatic rings. The van der Waals surface area contributed by atoms with Crippen LogP contribution in [0.3, 0.4) is 0 Å². The fourth-order valence-corrected chi connectivity index (χ4v) is 1.57. The Balaban J connectivity index is 2.52. The topological polar surface area (TPSA) is 21.1 Å². The Morgan fingerprint density at radius 1 is 1.50 bits per heavy atom. The highest BCUT2D eigenvalue weighted by molar-refractivity contribution is 6.19. The first-order chi connectivity index (χ1) is 6.72. The molecule has 0 fully saturated rings. The molecule has 0 unspecified atom stereocenters. The standard InChI is InChI=1S/C10H12ClN3/c1-13(6-11)8-3-4-10-9(5-8)12-7-14(10)2/h3-5,7H,6H2,1-2H3. The van der Waals surface area contributed by atoms with Crippen LogP contribution in [0, 0.1) is 0 Å². The second-order valence-electron chi connectivity index (χ2n) is 3.35. The van der Waals surface area contributed by atoms with Crippen LogP contribution < -0.4 is 4.90 Å². The third-order valence-corrected chi connectivity index (χ3v) is 2.69. The number of benzene rings is 1. The molecule has 74 valence electrons. The van der Waals surface area contributed by atoms with Gasteiger partial charge in [-0.25, -0.2) is 4.98 Å². The summed E-state index contributed by atoms with van der Waals surface area (Å²) in [6.45, 7) is 0. The van der Waals surface area contributed by atoms with E-state index in [-0.39, 0.29) is 0 Å². The number of aryl methyl sites for hydroxylation is 1. The van der Waals surface area contributed by atoms with Gasteiger partial charge < -0.3 is 9.47 Å². The molecule has 0 bridgehead atoms. The summed E-state index contributed by atoms with van der Waals surface area (Å²) in [7, 11) is 3.94. The van der Waals surface area contributed by atoms with Crippen LogP contribution in [0.2, 0.25) is 0 Å². The predicted octanol–water partition coefficient (Wildman–Crippen LogP) is 2.21. The van der Waals surface area contributed by atoms with E-state index < -0.39 is 0 Å². The number of hydrogen-bond donors (Lipinski definition) is 0. The van der Waals surface area contributed by atoms with Gasteiger partial charge in [-0.1, -0.05) is 0 Å². The van der Waals surface area contributed by atoms with Gasteiger partial charge in [-0.3, -0.25) is 0 Å². The average Bonchev–Trinajstić information content (AvgIpc) is 2.59. The Kier molecular flexibility index (Phi) is 2.33. The van der Waals surface area contributed by atoms with Crippen LogP contribution in [0.1, 0.15) is 0 Å². The van der Waals surface area contributed by atoms with E-state index in [0.717, 1.165) is 16.7 Å². The van der Waals surface area contributed by atoms with Crippen molar-refractivity contribution in [3.63, 3.8) is 0 Å². The molecule has 2 rings (SSSR count). The van der Waals surface area contributed by atoms with Gasteiger partial charge >= 0.3 is 0 Å². The monoisotopic (exact) mass is 209 g/mol. The van der Waals surface area contributed by atoms with E-state index >= 15 is 0 Å². The van der Waals surface area contributed by atoms with Gasteiger partial charge in [0.2, 0.25) is 0 Å². The van der Waals surface area contributed by atoms with Crippen molar-refractivity contribution in [3.05, 3.63) is 24.5 Å². The maximum absolute atomic E-state index is 5.74. The van der Waals surface area contributed by atoms with Gasteiger partial charge in [0.15, 0.2) is 0 Å². The zero-order valence-corrected chi connectivity index (χ0v) is 8.99. The first kappa shape index (κ1) is 9.34. The van der Waals surface area contributed by atoms with Crippen LogP contribution in [0.15, 0.2) is 24.5 Å². The van der Waals surface area contributed by atoms with Crippen molar-refractivity contribution in [1.29, 1.82) is 0 Å². The van der Waals surface area contributed by atoms with E-state index in [1.165, 1.54) is 0 Å². The normalized spacial score (nSPS) is 10.8. The third kappa shape index (κ3) is 1.44. The summed E-state index contributed by atoms with van der Waals surface area (Å²) in [5.74, 6) is 0. The number of alkyl halides is 1. The Bertz CT molecular complexity index is 450. The number of halogens is 1. The molecule has 1 aromatic carbocycles. The molecule has 0 aliphatic carbocycles. The van der Waals surface area contributed by atoms with E-state index in [1.54, 1.807) is 0 Å². The number of nitrogens with zero attached hydrogens (tertiary/aromatic N) is 3. The lowest BCUT2D eigenvalue weighted by Gasteiger charge is -2.14. The van der Waals surface area contributed by atoms with Crippen molar-refractivity contribution in [2.75, 3.05) is 18.0 Å². The van der Waals surface area contributed by atoms with E-state index in [0.29, 0.717) is 6.00 Å². The fraction of sp³-hybridized carbons (Fsp3) is 0.300. The van der Waals surface area contributed by atoms with E-state index in [1.807, 2.05) is 42.0 Å². The van der Waals surface area contributed by atoms with Crippen LogP contribution in [0.5, 0.6) is 0 Å². The minimum atomic E-state index is 0.484. The molecule has 0 saturated heterocycles. The van der Waals surface area contributed by atoms with Crippen molar-refractivity contribution in [2.24, 2.45) is 7.05 Å². The predicted molar refractivity (Wildman–Crippen MR) is 59.8 cm³/mol. The quantitative estimate of drug-likeness (QED) is 0.559. The summed E-state index contributed by atoms with van der Waals surface area (Å²) < 4.78 is 2.00. The van der Waals surface area contributed by atoms with Crippen LogP contribution in [-0.2, 0) is 7.05 Å². The van der Waals surface area contributed by atoms with Crippen molar-refractivity contribution < 1.29 is 0 Å². The maximum Gasteiger partial charge on any atom is 0.0955 e. The molecule has 0 radical (unpaired) electrons. The molecular weight excluding hydrogens is 198 g/mol. The lowest BCUT2D eigenvalue weighted by Crippen LogP contribution is -2.13. The molecule has 4 heteroatoms. The molecule has 0 N–H and O–H groups in total. The Labute approximate surface area is 87.9 Å². The number of hydrogen-bond acceptors (Lipinski definition) is 2. The molecule has 0 spiro atoms. The number of fused-ring (bicyclic) bond motifs is 1. The molecule has 2 aromatic rings. The minimum Gasteiger partial charge on any atom is -0.361 e. The van der Waals surface area contributed by atoms with E-state index in [9.17, 15) is 0 Å². The van der Waals surface area contributed by atoms with E-state index in [4.69, 9.17) is 11.6 Å². The largest absolute Gasteiger partial charge is 0.361 e. The molecule has 0 saturated carbocycles. The van der Waals surface area contributed by atoms with Gasteiger partial charge in [0, 0.05) is 19.8 Å². The van der Waals surface area contributed by atoms with Gasteiger partial charge in [0.1, 0.15) is 0 Å². The first-order valence-electron chi connectivity index (χ1n) is 4.40. The van der Waals surface area contributed by atoms with Crippen LogP contribution in [0.4, 0.5) is 5.69 Å². The molecule has 1 heterocycles. The van der Waals surface area contributed by atoms with Gasteiger partial charge in [0.25, 0.3) is 0 Å². The second-order valence-corrected chi connectivity index (χ2v) is 3.59. The molecule has 0 amide bonds. The summed E-state index contributed by atoms with van der Waals surface area (Å²) in [4.78, 5) is 6.26. The Hall–Kier alpha value is -1.22. The minimum absolute atomic E-state index is 0.484. The number of anilines is 1. The van der Waals surface area contributed by atoms with Crippen molar-refractivity contribution >= 4 is 28.3 Å². The molecule has 0 aliphatic heterocycles. The first-order valence-corrected chi connectivity index (χ1v) is 4.94.